The zero-order chi connectivity index (χ0) is 23.7. The van der Waals surface area contributed by atoms with Crippen LogP contribution in [0.4, 0.5) is 5.69 Å². The molecule has 174 valence electrons. The predicted molar refractivity (Wildman–Crippen MR) is 122 cm³/mol. The van der Waals surface area contributed by atoms with Gasteiger partial charge in [-0.1, -0.05) is 26.0 Å². The van der Waals surface area contributed by atoms with Crippen molar-refractivity contribution < 1.29 is 27.5 Å². The minimum atomic E-state index is -3.69. The molecule has 0 aliphatic rings. The minimum Gasteiger partial charge on any atom is -0.496 e. The van der Waals surface area contributed by atoms with Crippen molar-refractivity contribution in [3.8, 4) is 11.5 Å². The van der Waals surface area contributed by atoms with E-state index < -0.39 is 15.9 Å². The number of nitrogens with one attached hydrogen (secondary N) is 2. The van der Waals surface area contributed by atoms with Gasteiger partial charge in [0.05, 0.1) is 30.4 Å². The number of carbonyl (C=O) groups is 2. The Morgan fingerprint density at radius 2 is 1.62 bits per heavy atom. The van der Waals surface area contributed by atoms with E-state index >= 15 is 0 Å². The van der Waals surface area contributed by atoms with Crippen LogP contribution < -0.4 is 20.1 Å². The van der Waals surface area contributed by atoms with Crippen LogP contribution in [0, 0.1) is 0 Å². The zero-order valence-electron chi connectivity index (χ0n) is 18.7. The summed E-state index contributed by atoms with van der Waals surface area (Å²) >= 11 is 0. The summed E-state index contributed by atoms with van der Waals surface area (Å²) in [5.74, 6) is 0.00137. The fraction of sp³-hybridized carbons (Fsp3) is 0.364. The number of para-hydroxylation sites is 1. The van der Waals surface area contributed by atoms with Crippen LogP contribution in [0.25, 0.3) is 0 Å². The van der Waals surface area contributed by atoms with Gasteiger partial charge in [0.15, 0.2) is 0 Å². The van der Waals surface area contributed by atoms with Gasteiger partial charge in [-0.2, -0.15) is 4.31 Å². The molecule has 0 aliphatic carbocycles. The molecule has 0 saturated heterocycles. The number of hydrogen-bond donors (Lipinski definition) is 2. The average molecular weight is 464 g/mol. The highest BCUT2D eigenvalue weighted by molar-refractivity contribution is 7.89. The van der Waals surface area contributed by atoms with E-state index in [0.717, 1.165) is 0 Å². The summed E-state index contributed by atoms with van der Waals surface area (Å²) in [7, 11) is -0.791. The second kappa shape index (κ2) is 11.5. The third-order valence-electron chi connectivity index (χ3n) is 4.78. The molecule has 0 bridgehead atoms. The zero-order valence-corrected chi connectivity index (χ0v) is 19.5. The first-order chi connectivity index (χ1) is 15.3. The molecule has 32 heavy (non-hydrogen) atoms. The molecule has 0 aliphatic heterocycles. The molecule has 0 unspecified atom stereocenters. The molecule has 0 radical (unpaired) electrons. The maximum atomic E-state index is 12.8. The molecule has 0 heterocycles. The topological polar surface area (TPSA) is 114 Å². The molecule has 2 rings (SSSR count). The van der Waals surface area contributed by atoms with Crippen molar-refractivity contribution in [1.82, 2.24) is 9.62 Å². The van der Waals surface area contributed by atoms with Crippen LogP contribution in [0.2, 0.25) is 0 Å². The number of nitrogens with zero attached hydrogens (tertiary/aromatic N) is 1. The highest BCUT2D eigenvalue weighted by Gasteiger charge is 2.23. The van der Waals surface area contributed by atoms with Gasteiger partial charge in [-0.05, 0) is 30.3 Å². The largest absolute Gasteiger partial charge is 0.496 e. The third-order valence-corrected chi connectivity index (χ3v) is 6.82. The quantitative estimate of drug-likeness (QED) is 0.529. The van der Waals surface area contributed by atoms with Gasteiger partial charge in [-0.3, -0.25) is 9.59 Å². The number of sulfonamides is 1. The first-order valence-electron chi connectivity index (χ1n) is 10.2. The van der Waals surface area contributed by atoms with Crippen molar-refractivity contribution in [2.24, 2.45) is 0 Å². The van der Waals surface area contributed by atoms with Gasteiger partial charge >= 0.3 is 0 Å². The van der Waals surface area contributed by atoms with Crippen LogP contribution in [0.3, 0.4) is 0 Å². The summed E-state index contributed by atoms with van der Waals surface area (Å²) in [6.45, 7) is 4.26. The van der Waals surface area contributed by atoms with E-state index in [1.54, 1.807) is 38.1 Å². The molecule has 0 fully saturated rings. The summed E-state index contributed by atoms with van der Waals surface area (Å²) in [4.78, 5) is 24.8. The Kier molecular flexibility index (Phi) is 9.03. The molecule has 2 amide bonds. The Morgan fingerprint density at radius 3 is 2.25 bits per heavy atom. The van der Waals surface area contributed by atoms with Gasteiger partial charge in [0.2, 0.25) is 15.9 Å². The van der Waals surface area contributed by atoms with E-state index in [1.807, 2.05) is 0 Å². The predicted octanol–water partition coefficient (Wildman–Crippen LogP) is 2.49. The van der Waals surface area contributed by atoms with Crippen LogP contribution in [0.1, 0.15) is 30.6 Å². The number of ether oxygens (including phenoxy) is 2. The van der Waals surface area contributed by atoms with E-state index in [1.165, 1.54) is 36.7 Å². The van der Waals surface area contributed by atoms with Gasteiger partial charge < -0.3 is 20.1 Å². The molecule has 2 N–H and O–H groups in total. The van der Waals surface area contributed by atoms with Crippen molar-refractivity contribution in [2.75, 3.05) is 39.2 Å². The summed E-state index contributed by atoms with van der Waals surface area (Å²) in [5.41, 5.74) is 0.605. The molecule has 10 heteroatoms. The molecule has 2 aromatic carbocycles. The smallest absolute Gasteiger partial charge is 0.255 e. The second-order valence-corrected chi connectivity index (χ2v) is 8.64. The van der Waals surface area contributed by atoms with Crippen LogP contribution in [0.5, 0.6) is 11.5 Å². The number of methoxy groups -OCH3 is 2. The maximum absolute atomic E-state index is 12.8. The SMILES string of the molecule is CCN(CC)S(=O)(=O)c1ccc(OC)c(NC(=O)CCNC(=O)c2ccccc2OC)c1. The highest BCUT2D eigenvalue weighted by atomic mass is 32.2. The molecular formula is C22H29N3O6S. The van der Waals surface area contributed by atoms with Crippen LogP contribution >= 0.6 is 0 Å². The number of carbonyl (C=O) groups excluding carboxylic acids is 2. The molecule has 2 aromatic rings. The van der Waals surface area contributed by atoms with Gasteiger partial charge in [-0.25, -0.2) is 8.42 Å². The second-order valence-electron chi connectivity index (χ2n) is 6.71. The molecule has 0 saturated carbocycles. The van der Waals surface area contributed by atoms with E-state index in [9.17, 15) is 18.0 Å². The Balaban J connectivity index is 2.06. The summed E-state index contributed by atoms with van der Waals surface area (Å²) in [5, 5.41) is 5.33. The number of hydrogen-bond acceptors (Lipinski definition) is 6. The lowest BCUT2D eigenvalue weighted by Gasteiger charge is -2.19. The highest BCUT2D eigenvalue weighted by Crippen LogP contribution is 2.29. The summed E-state index contributed by atoms with van der Waals surface area (Å²) < 4.78 is 37.3. The van der Waals surface area contributed by atoms with Gasteiger partial charge in [0, 0.05) is 26.1 Å². The van der Waals surface area contributed by atoms with E-state index in [0.29, 0.717) is 30.2 Å². The number of rotatable bonds is 11. The first-order valence-corrected chi connectivity index (χ1v) is 11.6. The van der Waals surface area contributed by atoms with E-state index in [-0.39, 0.29) is 29.5 Å². The van der Waals surface area contributed by atoms with Crippen molar-refractivity contribution in [1.29, 1.82) is 0 Å². The van der Waals surface area contributed by atoms with Crippen molar-refractivity contribution in [3.05, 3.63) is 48.0 Å². The number of benzene rings is 2. The van der Waals surface area contributed by atoms with E-state index in [4.69, 9.17) is 9.47 Å². The summed E-state index contributed by atoms with van der Waals surface area (Å²) in [6.07, 6.45) is -0.0168. The Morgan fingerprint density at radius 1 is 0.969 bits per heavy atom. The summed E-state index contributed by atoms with van der Waals surface area (Å²) in [6, 6.07) is 11.1. The normalized spacial score (nSPS) is 11.2. The number of amides is 2. The van der Waals surface area contributed by atoms with E-state index in [2.05, 4.69) is 10.6 Å². The Hall–Kier alpha value is -3.11. The molecular weight excluding hydrogens is 434 g/mol. The van der Waals surface area contributed by atoms with Gasteiger partial charge in [-0.15, -0.1) is 0 Å². The third kappa shape index (κ3) is 5.98. The van der Waals surface area contributed by atoms with Crippen LogP contribution in [-0.4, -0.2) is 58.4 Å². The van der Waals surface area contributed by atoms with Crippen molar-refractivity contribution in [3.63, 3.8) is 0 Å². The van der Waals surface area contributed by atoms with Crippen molar-refractivity contribution >= 4 is 27.5 Å². The van der Waals surface area contributed by atoms with Gasteiger partial charge in [0.25, 0.3) is 5.91 Å². The van der Waals surface area contributed by atoms with Gasteiger partial charge in [0.1, 0.15) is 11.5 Å². The molecule has 0 aromatic heterocycles. The monoisotopic (exact) mass is 463 g/mol. The maximum Gasteiger partial charge on any atom is 0.255 e. The molecule has 0 atom stereocenters. The Bertz CT molecular complexity index is 1050. The lowest BCUT2D eigenvalue weighted by molar-refractivity contribution is -0.116. The average Bonchev–Trinajstić information content (AvgIpc) is 2.79. The number of anilines is 1. The lowest BCUT2D eigenvalue weighted by atomic mass is 10.2. The van der Waals surface area contributed by atoms with Crippen molar-refractivity contribution in [2.45, 2.75) is 25.2 Å². The molecule has 9 nitrogen and oxygen atoms in total. The van der Waals surface area contributed by atoms with Crippen LogP contribution in [-0.2, 0) is 14.8 Å². The fourth-order valence-corrected chi connectivity index (χ4v) is 4.57. The minimum absolute atomic E-state index is 0.0168. The lowest BCUT2D eigenvalue weighted by Crippen LogP contribution is -2.30. The molecule has 0 spiro atoms. The standard InChI is InChI=1S/C22H29N3O6S/c1-5-25(6-2)32(28,29)16-11-12-20(31-4)18(15-16)24-21(26)13-14-23-22(27)17-9-7-8-10-19(17)30-3/h7-12,15H,5-6,13-14H2,1-4H3,(H,23,27)(H,24,26). The van der Waals surface area contributed by atoms with Crippen LogP contribution in [0.15, 0.2) is 47.4 Å². The first kappa shape index (κ1) is 25.2. The fourth-order valence-electron chi connectivity index (χ4n) is 3.09. The Labute approximate surface area is 188 Å².